The van der Waals surface area contributed by atoms with Crippen molar-refractivity contribution >= 4 is 11.6 Å². The molecule has 0 aliphatic carbocycles. The minimum Gasteiger partial charge on any atom is -0.326 e. The highest BCUT2D eigenvalue weighted by atomic mass is 16.1. The monoisotopic (exact) mass is 178 g/mol. The predicted molar refractivity (Wildman–Crippen MR) is 53.4 cm³/mol. The first-order valence-electron chi connectivity index (χ1n) is 4.21. The number of hydrogen-bond donors (Lipinski definition) is 2. The maximum absolute atomic E-state index is 10.8. The van der Waals surface area contributed by atoms with Crippen molar-refractivity contribution in [3.05, 3.63) is 29.3 Å². The fourth-order valence-corrected chi connectivity index (χ4v) is 1.23. The maximum Gasteiger partial charge on any atom is 0.221 e. The van der Waals surface area contributed by atoms with E-state index in [0.29, 0.717) is 6.54 Å². The van der Waals surface area contributed by atoms with E-state index in [-0.39, 0.29) is 5.91 Å². The van der Waals surface area contributed by atoms with Crippen LogP contribution in [0.25, 0.3) is 0 Å². The molecule has 3 heteroatoms. The first kappa shape index (κ1) is 9.74. The van der Waals surface area contributed by atoms with Gasteiger partial charge in [-0.1, -0.05) is 12.1 Å². The Hall–Kier alpha value is -1.35. The lowest BCUT2D eigenvalue weighted by molar-refractivity contribution is -0.114. The minimum atomic E-state index is -0.0581. The largest absolute Gasteiger partial charge is 0.326 e. The van der Waals surface area contributed by atoms with E-state index < -0.39 is 0 Å². The molecule has 0 aliphatic heterocycles. The summed E-state index contributed by atoms with van der Waals surface area (Å²) in [5.74, 6) is -0.0581. The molecule has 3 nitrogen and oxygen atoms in total. The second-order valence-electron chi connectivity index (χ2n) is 2.98. The molecule has 1 amide bonds. The molecular formula is C10H14N2O. The first-order valence-corrected chi connectivity index (χ1v) is 4.21. The fraction of sp³-hybridized carbons (Fsp3) is 0.300. The van der Waals surface area contributed by atoms with Crippen molar-refractivity contribution in [2.45, 2.75) is 20.4 Å². The third-order valence-electron chi connectivity index (χ3n) is 1.98. The Bertz CT molecular complexity index is 321. The summed E-state index contributed by atoms with van der Waals surface area (Å²) in [5.41, 5.74) is 8.48. The summed E-state index contributed by atoms with van der Waals surface area (Å²) in [7, 11) is 0. The number of nitrogens with two attached hydrogens (primary N) is 1. The van der Waals surface area contributed by atoms with Gasteiger partial charge in [0.05, 0.1) is 0 Å². The van der Waals surface area contributed by atoms with Gasteiger partial charge in [0.15, 0.2) is 0 Å². The third kappa shape index (κ3) is 2.29. The van der Waals surface area contributed by atoms with Gasteiger partial charge in [-0.3, -0.25) is 4.79 Å². The molecule has 0 unspecified atom stereocenters. The Kier molecular flexibility index (Phi) is 3.03. The molecule has 0 saturated heterocycles. The summed E-state index contributed by atoms with van der Waals surface area (Å²) in [6.07, 6.45) is 0. The molecule has 1 aromatic carbocycles. The molecule has 0 bridgehead atoms. The topological polar surface area (TPSA) is 55.1 Å². The highest BCUT2D eigenvalue weighted by Crippen LogP contribution is 2.18. The summed E-state index contributed by atoms with van der Waals surface area (Å²) in [6.45, 7) is 3.95. The number of rotatable bonds is 2. The van der Waals surface area contributed by atoms with Gasteiger partial charge in [0.2, 0.25) is 5.91 Å². The molecule has 3 N–H and O–H groups in total. The second kappa shape index (κ2) is 4.05. The van der Waals surface area contributed by atoms with E-state index in [2.05, 4.69) is 5.32 Å². The molecule has 0 saturated carbocycles. The van der Waals surface area contributed by atoms with Crippen LogP contribution >= 0.6 is 0 Å². The zero-order valence-electron chi connectivity index (χ0n) is 7.92. The zero-order chi connectivity index (χ0) is 9.84. The van der Waals surface area contributed by atoms with Gasteiger partial charge in [-0.25, -0.2) is 0 Å². The molecule has 0 aliphatic rings. The van der Waals surface area contributed by atoms with E-state index in [1.807, 2.05) is 25.1 Å². The summed E-state index contributed by atoms with van der Waals surface area (Å²) in [5, 5.41) is 2.75. The maximum atomic E-state index is 10.8. The molecule has 1 rings (SSSR count). The van der Waals surface area contributed by atoms with Crippen LogP contribution in [0.1, 0.15) is 18.1 Å². The number of carbonyl (C=O) groups is 1. The van der Waals surface area contributed by atoms with Gasteiger partial charge in [-0.2, -0.15) is 0 Å². The number of carbonyl (C=O) groups excluding carboxylic acids is 1. The number of amides is 1. The molecule has 0 fully saturated rings. The molecule has 0 aromatic heterocycles. The minimum absolute atomic E-state index is 0.0581. The molecular weight excluding hydrogens is 164 g/mol. The molecule has 1 aromatic rings. The standard InChI is InChI=1S/C10H14N2O/c1-7-9(6-11)4-3-5-10(7)12-8(2)13/h3-5H,6,11H2,1-2H3,(H,12,13). The van der Waals surface area contributed by atoms with Crippen LogP contribution in [-0.4, -0.2) is 5.91 Å². The van der Waals surface area contributed by atoms with Crippen molar-refractivity contribution in [2.75, 3.05) is 5.32 Å². The van der Waals surface area contributed by atoms with E-state index in [9.17, 15) is 4.79 Å². The van der Waals surface area contributed by atoms with Gasteiger partial charge in [0.25, 0.3) is 0 Å². The SMILES string of the molecule is CC(=O)Nc1cccc(CN)c1C. The molecule has 70 valence electrons. The van der Waals surface area contributed by atoms with Crippen LogP contribution in [0.3, 0.4) is 0 Å². The average molecular weight is 178 g/mol. The van der Waals surface area contributed by atoms with Gasteiger partial charge in [0.1, 0.15) is 0 Å². The van der Waals surface area contributed by atoms with Crippen molar-refractivity contribution in [1.82, 2.24) is 0 Å². The van der Waals surface area contributed by atoms with Gasteiger partial charge >= 0.3 is 0 Å². The van der Waals surface area contributed by atoms with Crippen LogP contribution in [0.2, 0.25) is 0 Å². The lowest BCUT2D eigenvalue weighted by atomic mass is 10.1. The van der Waals surface area contributed by atoms with Gasteiger partial charge in [-0.05, 0) is 24.1 Å². The van der Waals surface area contributed by atoms with Crippen LogP contribution in [-0.2, 0) is 11.3 Å². The first-order chi connectivity index (χ1) is 6.15. The lowest BCUT2D eigenvalue weighted by Gasteiger charge is -2.09. The Morgan fingerprint density at radius 2 is 2.23 bits per heavy atom. The molecule has 0 spiro atoms. The average Bonchev–Trinajstić information content (AvgIpc) is 2.08. The van der Waals surface area contributed by atoms with Crippen molar-refractivity contribution in [1.29, 1.82) is 0 Å². The highest BCUT2D eigenvalue weighted by molar-refractivity contribution is 5.89. The van der Waals surface area contributed by atoms with E-state index >= 15 is 0 Å². The Labute approximate surface area is 77.9 Å². The number of hydrogen-bond acceptors (Lipinski definition) is 2. The number of nitrogens with one attached hydrogen (secondary N) is 1. The normalized spacial score (nSPS) is 9.77. The number of anilines is 1. The van der Waals surface area contributed by atoms with E-state index in [0.717, 1.165) is 16.8 Å². The van der Waals surface area contributed by atoms with Crippen molar-refractivity contribution in [3.63, 3.8) is 0 Å². The summed E-state index contributed by atoms with van der Waals surface area (Å²) >= 11 is 0. The van der Waals surface area contributed by atoms with Crippen LogP contribution in [0.15, 0.2) is 18.2 Å². The summed E-state index contributed by atoms with van der Waals surface area (Å²) in [6, 6.07) is 5.72. The van der Waals surface area contributed by atoms with Crippen LogP contribution < -0.4 is 11.1 Å². The second-order valence-corrected chi connectivity index (χ2v) is 2.98. The Morgan fingerprint density at radius 3 is 2.77 bits per heavy atom. The summed E-state index contributed by atoms with van der Waals surface area (Å²) in [4.78, 5) is 10.8. The van der Waals surface area contributed by atoms with Crippen LogP contribution in [0.5, 0.6) is 0 Å². The summed E-state index contributed by atoms with van der Waals surface area (Å²) < 4.78 is 0. The van der Waals surface area contributed by atoms with Crippen molar-refractivity contribution < 1.29 is 4.79 Å². The van der Waals surface area contributed by atoms with E-state index in [4.69, 9.17) is 5.73 Å². The quantitative estimate of drug-likeness (QED) is 0.719. The van der Waals surface area contributed by atoms with E-state index in [1.54, 1.807) is 0 Å². The lowest BCUT2D eigenvalue weighted by Crippen LogP contribution is -2.09. The van der Waals surface area contributed by atoms with Crippen LogP contribution in [0.4, 0.5) is 5.69 Å². The third-order valence-corrected chi connectivity index (χ3v) is 1.98. The molecule has 0 radical (unpaired) electrons. The molecule has 0 atom stereocenters. The Balaban J connectivity index is 3.01. The molecule has 13 heavy (non-hydrogen) atoms. The number of benzene rings is 1. The van der Waals surface area contributed by atoms with Crippen molar-refractivity contribution in [3.8, 4) is 0 Å². The van der Waals surface area contributed by atoms with Gasteiger partial charge in [0, 0.05) is 19.2 Å². The highest BCUT2D eigenvalue weighted by Gasteiger charge is 2.02. The van der Waals surface area contributed by atoms with Crippen LogP contribution in [0, 0.1) is 6.92 Å². The predicted octanol–water partition coefficient (Wildman–Crippen LogP) is 1.41. The van der Waals surface area contributed by atoms with Gasteiger partial charge in [-0.15, -0.1) is 0 Å². The smallest absolute Gasteiger partial charge is 0.221 e. The van der Waals surface area contributed by atoms with Gasteiger partial charge < -0.3 is 11.1 Å². The molecule has 0 heterocycles. The fourth-order valence-electron chi connectivity index (χ4n) is 1.23. The van der Waals surface area contributed by atoms with Crippen molar-refractivity contribution in [2.24, 2.45) is 5.73 Å². The Morgan fingerprint density at radius 1 is 1.54 bits per heavy atom. The zero-order valence-corrected chi connectivity index (χ0v) is 7.92. The van der Waals surface area contributed by atoms with E-state index in [1.165, 1.54) is 6.92 Å².